The number of hydrogen-bond acceptors (Lipinski definition) is 6. The molecule has 2 aromatic carbocycles. The molecule has 1 saturated carbocycles. The zero-order chi connectivity index (χ0) is 26.9. The van der Waals surface area contributed by atoms with E-state index in [0.29, 0.717) is 36.1 Å². The number of aromatic nitrogens is 1. The third kappa shape index (κ3) is 5.30. The molecule has 1 aliphatic heterocycles. The number of benzene rings is 2. The Labute approximate surface area is 221 Å². The topological polar surface area (TPSA) is 123 Å². The Kier molecular flexibility index (Phi) is 6.97. The van der Waals surface area contributed by atoms with E-state index in [1.54, 1.807) is 49.6 Å². The summed E-state index contributed by atoms with van der Waals surface area (Å²) in [5.74, 6) is 0.519. The molecule has 194 valence electrons. The van der Waals surface area contributed by atoms with Gasteiger partial charge in [-0.25, -0.2) is 8.42 Å². The van der Waals surface area contributed by atoms with E-state index in [9.17, 15) is 18.0 Å². The largest absolute Gasteiger partial charge is 0.349 e. The van der Waals surface area contributed by atoms with Crippen LogP contribution in [0.2, 0.25) is 0 Å². The van der Waals surface area contributed by atoms with Gasteiger partial charge in [0.05, 0.1) is 16.5 Å². The lowest BCUT2D eigenvalue weighted by atomic mass is 10.1. The predicted octanol–water partition coefficient (Wildman–Crippen LogP) is 2.55. The lowest BCUT2D eigenvalue weighted by Gasteiger charge is -2.22. The zero-order valence-electron chi connectivity index (χ0n) is 20.8. The van der Waals surface area contributed by atoms with Crippen LogP contribution in [-0.2, 0) is 27.9 Å². The van der Waals surface area contributed by atoms with Gasteiger partial charge in [0.2, 0.25) is 15.9 Å². The number of nitrogens with one attached hydrogen (secondary N) is 1. The van der Waals surface area contributed by atoms with Crippen molar-refractivity contribution in [3.05, 3.63) is 95.3 Å². The molecule has 9 nitrogen and oxygen atoms in total. The summed E-state index contributed by atoms with van der Waals surface area (Å²) in [6.07, 6.45) is 3.25. The van der Waals surface area contributed by atoms with Gasteiger partial charge in [0.1, 0.15) is 0 Å². The average molecular weight is 530 g/mol. The molecule has 38 heavy (non-hydrogen) atoms. The number of fused-ring (bicyclic) bond motifs is 1. The quantitative estimate of drug-likeness (QED) is 0.478. The minimum Gasteiger partial charge on any atom is -0.349 e. The Morgan fingerprint density at radius 2 is 1.68 bits per heavy atom. The van der Waals surface area contributed by atoms with Crippen molar-refractivity contribution in [3.8, 4) is 6.07 Å². The second-order valence-corrected chi connectivity index (χ2v) is 11.7. The van der Waals surface area contributed by atoms with Gasteiger partial charge in [0.25, 0.3) is 5.91 Å². The molecule has 1 N–H and O–H groups in total. The minimum absolute atomic E-state index is 0.0663. The van der Waals surface area contributed by atoms with Gasteiger partial charge in [0.15, 0.2) is 0 Å². The van der Waals surface area contributed by atoms with Crippen LogP contribution in [-0.4, -0.2) is 53.6 Å². The highest BCUT2D eigenvalue weighted by atomic mass is 32.2. The molecule has 2 heterocycles. The normalized spacial score (nSPS) is 20.0. The molecule has 1 aliphatic carbocycles. The molecular weight excluding hydrogens is 502 g/mol. The number of sulfonamides is 1. The van der Waals surface area contributed by atoms with E-state index in [2.05, 4.69) is 10.3 Å². The van der Waals surface area contributed by atoms with Gasteiger partial charge >= 0.3 is 0 Å². The number of pyridine rings is 1. The molecular formula is C28H27N5O4S. The van der Waals surface area contributed by atoms with Crippen LogP contribution in [0.4, 0.5) is 0 Å². The van der Waals surface area contributed by atoms with Gasteiger partial charge in [-0.15, -0.1) is 0 Å². The van der Waals surface area contributed by atoms with E-state index >= 15 is 0 Å². The second kappa shape index (κ2) is 10.4. The summed E-state index contributed by atoms with van der Waals surface area (Å²) >= 11 is 0. The second-order valence-electron chi connectivity index (χ2n) is 9.72. The Hall–Kier alpha value is -4.07. The summed E-state index contributed by atoms with van der Waals surface area (Å²) in [6.45, 7) is 3.13. The molecule has 0 unspecified atom stereocenters. The van der Waals surface area contributed by atoms with Crippen molar-refractivity contribution in [1.82, 2.24) is 19.5 Å². The van der Waals surface area contributed by atoms with Gasteiger partial charge in [0, 0.05) is 68.9 Å². The SMILES string of the molecule is CC(=O)N1C[C@@H]2[C@H](C1)[C@H]2NC(=O)c1ccc(CN(Cc2cccnc2)S(=O)(=O)c2ccc(C#N)cc2)cc1. The summed E-state index contributed by atoms with van der Waals surface area (Å²) in [5, 5.41) is 12.1. The molecule has 3 aromatic rings. The fourth-order valence-corrected chi connectivity index (χ4v) is 6.39. The van der Waals surface area contributed by atoms with Crippen LogP contribution in [0.15, 0.2) is 78.0 Å². The van der Waals surface area contributed by atoms with Crippen molar-refractivity contribution in [2.24, 2.45) is 11.8 Å². The number of rotatable bonds is 8. The maximum absolute atomic E-state index is 13.5. The van der Waals surface area contributed by atoms with E-state index in [1.165, 1.54) is 28.6 Å². The number of hydrogen-bond donors (Lipinski definition) is 1. The van der Waals surface area contributed by atoms with Crippen LogP contribution in [0.1, 0.15) is 34.0 Å². The van der Waals surface area contributed by atoms with Crippen molar-refractivity contribution in [2.45, 2.75) is 31.0 Å². The fourth-order valence-electron chi connectivity index (χ4n) is 4.97. The highest BCUT2D eigenvalue weighted by molar-refractivity contribution is 7.89. The van der Waals surface area contributed by atoms with Crippen LogP contribution >= 0.6 is 0 Å². The van der Waals surface area contributed by atoms with Crippen molar-refractivity contribution in [3.63, 3.8) is 0 Å². The van der Waals surface area contributed by atoms with Crippen molar-refractivity contribution >= 4 is 21.8 Å². The van der Waals surface area contributed by atoms with E-state index in [0.717, 1.165) is 11.1 Å². The molecule has 1 aromatic heterocycles. The number of amides is 2. The number of carbonyl (C=O) groups is 2. The van der Waals surface area contributed by atoms with Crippen molar-refractivity contribution < 1.29 is 18.0 Å². The first kappa shape index (κ1) is 25.6. The standard InChI is InChI=1S/C28H27N5O4S/c1-19(34)32-17-25-26(18-32)27(25)31-28(35)23-8-4-21(5-9-23)15-33(16-22-3-2-12-30-14-22)38(36,37)24-10-6-20(13-29)7-11-24/h2-12,14,25-27H,15-18H2,1H3,(H,31,35)/t25-,26+,27+. The number of piperidine rings is 1. The molecule has 2 aliphatic rings. The number of nitriles is 1. The summed E-state index contributed by atoms with van der Waals surface area (Å²) < 4.78 is 28.4. The van der Waals surface area contributed by atoms with Gasteiger partial charge in [-0.1, -0.05) is 18.2 Å². The highest BCUT2D eigenvalue weighted by Gasteiger charge is 2.57. The monoisotopic (exact) mass is 529 g/mol. The maximum Gasteiger partial charge on any atom is 0.251 e. The Morgan fingerprint density at radius 3 is 2.26 bits per heavy atom. The molecule has 5 rings (SSSR count). The fraction of sp³-hybridized carbons (Fsp3) is 0.286. The van der Waals surface area contributed by atoms with Gasteiger partial charge in [-0.05, 0) is 53.6 Å². The third-order valence-corrected chi connectivity index (χ3v) is 9.02. The molecule has 0 bridgehead atoms. The lowest BCUT2D eigenvalue weighted by molar-refractivity contribution is -0.128. The summed E-state index contributed by atoms with van der Waals surface area (Å²) in [4.78, 5) is 30.3. The van der Waals surface area contributed by atoms with Crippen molar-refractivity contribution in [2.75, 3.05) is 13.1 Å². The summed E-state index contributed by atoms with van der Waals surface area (Å²) in [7, 11) is -3.89. The Bertz CT molecular complexity index is 1470. The molecule has 2 amide bonds. The van der Waals surface area contributed by atoms with E-state index < -0.39 is 10.0 Å². The first-order valence-electron chi connectivity index (χ1n) is 12.3. The van der Waals surface area contributed by atoms with Crippen LogP contribution < -0.4 is 5.32 Å². The molecule has 10 heteroatoms. The smallest absolute Gasteiger partial charge is 0.251 e. The van der Waals surface area contributed by atoms with Gasteiger partial charge in [-0.2, -0.15) is 9.57 Å². The zero-order valence-corrected chi connectivity index (χ0v) is 21.6. The molecule has 0 radical (unpaired) electrons. The number of nitrogens with zero attached hydrogens (tertiary/aromatic N) is 4. The van der Waals surface area contributed by atoms with Gasteiger partial charge in [-0.3, -0.25) is 14.6 Å². The minimum atomic E-state index is -3.89. The molecule has 3 atom stereocenters. The Balaban J connectivity index is 1.29. The molecule has 0 spiro atoms. The predicted molar refractivity (Wildman–Crippen MR) is 139 cm³/mol. The van der Waals surface area contributed by atoms with Crippen molar-refractivity contribution in [1.29, 1.82) is 5.26 Å². The van der Waals surface area contributed by atoms with Crippen LogP contribution in [0.5, 0.6) is 0 Å². The molecule has 1 saturated heterocycles. The first-order chi connectivity index (χ1) is 18.3. The number of carbonyl (C=O) groups excluding carboxylic acids is 2. The van der Waals surface area contributed by atoms with E-state index in [4.69, 9.17) is 5.26 Å². The Morgan fingerprint density at radius 1 is 1.03 bits per heavy atom. The summed E-state index contributed by atoms with van der Waals surface area (Å²) in [5.41, 5.74) is 2.33. The van der Waals surface area contributed by atoms with E-state index in [1.807, 2.05) is 17.0 Å². The average Bonchev–Trinajstić information content (AvgIpc) is 3.34. The first-order valence-corrected chi connectivity index (χ1v) is 13.7. The lowest BCUT2D eigenvalue weighted by Crippen LogP contribution is -2.36. The van der Waals surface area contributed by atoms with E-state index in [-0.39, 0.29) is 35.8 Å². The molecule has 2 fully saturated rings. The van der Waals surface area contributed by atoms with Crippen LogP contribution in [0.3, 0.4) is 0 Å². The van der Waals surface area contributed by atoms with Gasteiger partial charge < -0.3 is 10.2 Å². The van der Waals surface area contributed by atoms with Crippen LogP contribution in [0, 0.1) is 23.2 Å². The number of likely N-dealkylation sites (tertiary alicyclic amines) is 1. The third-order valence-electron chi connectivity index (χ3n) is 7.22. The summed E-state index contributed by atoms with van der Waals surface area (Å²) in [6, 6.07) is 18.4. The maximum atomic E-state index is 13.5. The van der Waals surface area contributed by atoms with Crippen LogP contribution in [0.25, 0.3) is 0 Å². The highest BCUT2D eigenvalue weighted by Crippen LogP contribution is 2.45.